The second-order valence-corrected chi connectivity index (χ2v) is 10.1. The average Bonchev–Trinajstić information content (AvgIpc) is 3.19. The van der Waals surface area contributed by atoms with Crippen LogP contribution in [0.1, 0.15) is 61.7 Å². The summed E-state index contributed by atoms with van der Waals surface area (Å²) in [6, 6.07) is 10.3. The minimum Gasteiger partial charge on any atom is -0.468 e. The van der Waals surface area contributed by atoms with E-state index in [1.165, 1.54) is 6.07 Å². The maximum absolute atomic E-state index is 13.1. The van der Waals surface area contributed by atoms with E-state index in [1.807, 2.05) is 12.1 Å². The van der Waals surface area contributed by atoms with E-state index in [4.69, 9.17) is 4.42 Å². The zero-order chi connectivity index (χ0) is 23.0. The third-order valence-electron chi connectivity index (χ3n) is 6.11. The molecule has 1 aliphatic rings. The third kappa shape index (κ3) is 6.07. The number of furan rings is 1. The SMILES string of the molecule is CCN(CC)C(CNCC(=O)c1cccc(S(=O)(=O)N2CCCCCC2)c1)c1ccco1. The van der Waals surface area contributed by atoms with Crippen molar-refractivity contribution in [3.05, 3.63) is 54.0 Å². The molecule has 1 fully saturated rings. The van der Waals surface area contributed by atoms with Crippen molar-refractivity contribution in [1.82, 2.24) is 14.5 Å². The fourth-order valence-electron chi connectivity index (χ4n) is 4.24. The van der Waals surface area contributed by atoms with E-state index in [-0.39, 0.29) is 23.3 Å². The van der Waals surface area contributed by atoms with Gasteiger partial charge in [-0.1, -0.05) is 38.8 Å². The topological polar surface area (TPSA) is 82.9 Å². The summed E-state index contributed by atoms with van der Waals surface area (Å²) < 4.78 is 33.3. The average molecular weight is 462 g/mol. The van der Waals surface area contributed by atoms with Gasteiger partial charge in [0, 0.05) is 25.2 Å². The molecule has 7 nitrogen and oxygen atoms in total. The molecule has 0 bridgehead atoms. The normalized spacial score (nSPS) is 16.7. The Labute approximate surface area is 191 Å². The molecule has 1 N–H and O–H groups in total. The molecule has 2 aromatic rings. The van der Waals surface area contributed by atoms with Crippen LogP contribution in [0.4, 0.5) is 0 Å². The lowest BCUT2D eigenvalue weighted by molar-refractivity contribution is 0.0985. The van der Waals surface area contributed by atoms with Crippen LogP contribution in [0, 0.1) is 0 Å². The predicted molar refractivity (Wildman–Crippen MR) is 125 cm³/mol. The van der Waals surface area contributed by atoms with Gasteiger partial charge in [0.05, 0.1) is 23.7 Å². The second-order valence-electron chi connectivity index (χ2n) is 8.15. The Morgan fingerprint density at radius 1 is 1.09 bits per heavy atom. The van der Waals surface area contributed by atoms with E-state index in [2.05, 4.69) is 24.1 Å². The van der Waals surface area contributed by atoms with Crippen molar-refractivity contribution in [2.24, 2.45) is 0 Å². The third-order valence-corrected chi connectivity index (χ3v) is 8.00. The highest BCUT2D eigenvalue weighted by Gasteiger charge is 2.26. The predicted octanol–water partition coefficient (Wildman–Crippen LogP) is 3.70. The van der Waals surface area contributed by atoms with E-state index in [9.17, 15) is 13.2 Å². The summed E-state index contributed by atoms with van der Waals surface area (Å²) >= 11 is 0. The van der Waals surface area contributed by atoms with Gasteiger partial charge in [0.2, 0.25) is 10.0 Å². The monoisotopic (exact) mass is 461 g/mol. The van der Waals surface area contributed by atoms with Gasteiger partial charge in [-0.15, -0.1) is 0 Å². The highest BCUT2D eigenvalue weighted by Crippen LogP contribution is 2.22. The van der Waals surface area contributed by atoms with Gasteiger partial charge < -0.3 is 9.73 Å². The molecule has 3 rings (SSSR count). The second kappa shape index (κ2) is 11.7. The van der Waals surface area contributed by atoms with E-state index >= 15 is 0 Å². The quantitative estimate of drug-likeness (QED) is 0.514. The van der Waals surface area contributed by atoms with E-state index in [1.54, 1.807) is 28.8 Å². The molecule has 0 spiro atoms. The minimum absolute atomic E-state index is 0.0301. The maximum atomic E-state index is 13.1. The zero-order valence-electron chi connectivity index (χ0n) is 19.1. The number of hydrogen-bond donors (Lipinski definition) is 1. The lowest BCUT2D eigenvalue weighted by Crippen LogP contribution is -2.37. The number of nitrogens with zero attached hydrogens (tertiary/aromatic N) is 2. The first-order valence-corrected chi connectivity index (χ1v) is 13.0. The largest absolute Gasteiger partial charge is 0.468 e. The lowest BCUT2D eigenvalue weighted by Gasteiger charge is -2.28. The number of hydrogen-bond acceptors (Lipinski definition) is 6. The number of nitrogens with one attached hydrogen (secondary N) is 1. The summed E-state index contributed by atoms with van der Waals surface area (Å²) in [6.07, 6.45) is 5.54. The van der Waals surface area contributed by atoms with Crippen LogP contribution in [-0.4, -0.2) is 62.7 Å². The van der Waals surface area contributed by atoms with Crippen LogP contribution in [0.5, 0.6) is 0 Å². The van der Waals surface area contributed by atoms with Crippen molar-refractivity contribution < 1.29 is 17.6 Å². The van der Waals surface area contributed by atoms with Crippen molar-refractivity contribution in [3.63, 3.8) is 0 Å². The first-order valence-electron chi connectivity index (χ1n) is 11.6. The molecule has 1 aromatic carbocycles. The molecule has 0 aliphatic carbocycles. The lowest BCUT2D eigenvalue weighted by atomic mass is 10.1. The molecule has 1 aromatic heterocycles. The Kier molecular flexibility index (Phi) is 9.04. The van der Waals surface area contributed by atoms with Gasteiger partial charge in [-0.2, -0.15) is 4.31 Å². The van der Waals surface area contributed by atoms with Crippen molar-refractivity contribution in [1.29, 1.82) is 0 Å². The molecule has 1 aliphatic heterocycles. The number of rotatable bonds is 11. The van der Waals surface area contributed by atoms with E-state index in [0.29, 0.717) is 25.2 Å². The van der Waals surface area contributed by atoms with Crippen LogP contribution in [0.3, 0.4) is 0 Å². The molecule has 32 heavy (non-hydrogen) atoms. The Balaban J connectivity index is 1.65. The summed E-state index contributed by atoms with van der Waals surface area (Å²) in [4.78, 5) is 15.3. The van der Waals surface area contributed by atoms with Crippen molar-refractivity contribution >= 4 is 15.8 Å². The molecule has 176 valence electrons. The van der Waals surface area contributed by atoms with Gasteiger partial charge in [0.15, 0.2) is 5.78 Å². The number of carbonyl (C=O) groups is 1. The number of benzene rings is 1. The molecule has 1 atom stereocenters. The Morgan fingerprint density at radius 2 is 1.81 bits per heavy atom. The smallest absolute Gasteiger partial charge is 0.243 e. The molecule has 0 radical (unpaired) electrons. The first-order chi connectivity index (χ1) is 15.5. The first kappa shape index (κ1) is 24.6. The van der Waals surface area contributed by atoms with Gasteiger partial charge in [0.25, 0.3) is 0 Å². The summed E-state index contributed by atoms with van der Waals surface area (Å²) in [5, 5.41) is 3.24. The van der Waals surface area contributed by atoms with Crippen LogP contribution in [0.25, 0.3) is 0 Å². The fraction of sp³-hybridized carbons (Fsp3) is 0.542. The van der Waals surface area contributed by atoms with Crippen LogP contribution >= 0.6 is 0 Å². The molecule has 0 saturated carbocycles. The number of sulfonamides is 1. The number of carbonyl (C=O) groups excluding carboxylic acids is 1. The van der Waals surface area contributed by atoms with Crippen molar-refractivity contribution in [2.75, 3.05) is 39.3 Å². The molecular formula is C24H35N3O4S. The Hall–Kier alpha value is -2.00. The molecule has 1 unspecified atom stereocenters. The highest BCUT2D eigenvalue weighted by atomic mass is 32.2. The molecular weight excluding hydrogens is 426 g/mol. The fourth-order valence-corrected chi connectivity index (χ4v) is 5.80. The van der Waals surface area contributed by atoms with Gasteiger partial charge in [-0.25, -0.2) is 8.42 Å². The van der Waals surface area contributed by atoms with Crippen LogP contribution in [0.2, 0.25) is 0 Å². The van der Waals surface area contributed by atoms with Gasteiger partial charge in [-0.05, 0) is 50.2 Å². The van der Waals surface area contributed by atoms with E-state index in [0.717, 1.165) is 44.5 Å². The van der Waals surface area contributed by atoms with Crippen molar-refractivity contribution in [2.45, 2.75) is 50.5 Å². The summed E-state index contributed by atoms with van der Waals surface area (Å²) in [5.74, 6) is 0.731. The number of likely N-dealkylation sites (N-methyl/N-ethyl adjacent to an activating group) is 1. The maximum Gasteiger partial charge on any atom is 0.243 e. The molecule has 1 saturated heterocycles. The molecule has 0 amide bonds. The van der Waals surface area contributed by atoms with Gasteiger partial charge in [0.1, 0.15) is 5.76 Å². The van der Waals surface area contributed by atoms with Crippen LogP contribution < -0.4 is 5.32 Å². The highest BCUT2D eigenvalue weighted by molar-refractivity contribution is 7.89. The Bertz CT molecular complexity index is 947. The number of ketones is 1. The number of Topliss-reactive ketones (excluding diaryl/α,β-unsaturated/α-hetero) is 1. The minimum atomic E-state index is -3.58. The standard InChI is InChI=1S/C24H35N3O4S/c1-3-26(4-2)22(24-13-10-16-31-24)18-25-19-23(28)20-11-9-12-21(17-20)32(29,30)27-14-7-5-6-8-15-27/h9-13,16-17,22,25H,3-8,14-15,18-19H2,1-2H3. The van der Waals surface area contributed by atoms with Crippen LogP contribution in [0.15, 0.2) is 52.0 Å². The Morgan fingerprint density at radius 3 is 2.44 bits per heavy atom. The van der Waals surface area contributed by atoms with E-state index < -0.39 is 10.0 Å². The van der Waals surface area contributed by atoms with Gasteiger partial charge >= 0.3 is 0 Å². The molecule has 8 heteroatoms. The van der Waals surface area contributed by atoms with Crippen molar-refractivity contribution in [3.8, 4) is 0 Å². The molecule has 2 heterocycles. The summed E-state index contributed by atoms with van der Waals surface area (Å²) in [5.41, 5.74) is 0.408. The summed E-state index contributed by atoms with van der Waals surface area (Å²) in [6.45, 7) is 7.71. The zero-order valence-corrected chi connectivity index (χ0v) is 19.9. The van der Waals surface area contributed by atoms with Crippen LogP contribution in [-0.2, 0) is 10.0 Å². The van der Waals surface area contributed by atoms with Gasteiger partial charge in [-0.3, -0.25) is 9.69 Å². The summed E-state index contributed by atoms with van der Waals surface area (Å²) in [7, 11) is -3.58.